The van der Waals surface area contributed by atoms with Gasteiger partial charge in [0.15, 0.2) is 11.5 Å². The Morgan fingerprint density at radius 2 is 1.40 bits per heavy atom. The number of carboxylic acid groups (broad SMARTS) is 1. The van der Waals surface area contributed by atoms with Crippen LogP contribution in [0.4, 0.5) is 0 Å². The predicted octanol–water partition coefficient (Wildman–Crippen LogP) is 4.54. The zero-order chi connectivity index (χ0) is 18.7. The van der Waals surface area contributed by atoms with Crippen molar-refractivity contribution in [1.82, 2.24) is 0 Å². The second-order valence-electron chi connectivity index (χ2n) is 5.48. The minimum atomic E-state index is -1.09. The van der Waals surface area contributed by atoms with E-state index in [1.165, 1.54) is 6.07 Å². The lowest BCUT2D eigenvalue weighted by atomic mass is 10.1. The molecule has 1 N–H and O–H groups in total. The van der Waals surface area contributed by atoms with Gasteiger partial charge in [0.05, 0.1) is 26.4 Å². The molecule has 0 fully saturated rings. The molecular formula is C19H30O6. The van der Waals surface area contributed by atoms with Gasteiger partial charge in [-0.25, -0.2) is 4.79 Å². The molecule has 0 aliphatic rings. The second-order valence-corrected chi connectivity index (χ2v) is 5.48. The summed E-state index contributed by atoms with van der Waals surface area (Å²) < 4.78 is 23.0. The monoisotopic (exact) mass is 354 g/mol. The van der Waals surface area contributed by atoms with Gasteiger partial charge in [0.2, 0.25) is 11.5 Å². The molecule has 0 atom stereocenters. The van der Waals surface area contributed by atoms with Crippen LogP contribution in [-0.4, -0.2) is 37.5 Å². The molecule has 0 amide bonds. The zero-order valence-corrected chi connectivity index (χ0v) is 15.7. The second kappa shape index (κ2) is 11.4. The van der Waals surface area contributed by atoms with Crippen molar-refractivity contribution in [1.29, 1.82) is 0 Å². The summed E-state index contributed by atoms with van der Waals surface area (Å²) in [5.74, 6) is 0.195. The van der Waals surface area contributed by atoms with Crippen molar-refractivity contribution >= 4 is 5.97 Å². The van der Waals surface area contributed by atoms with Gasteiger partial charge in [-0.15, -0.1) is 0 Å². The summed E-state index contributed by atoms with van der Waals surface area (Å²) in [5.41, 5.74) is 0.0193. The molecule has 1 aromatic rings. The van der Waals surface area contributed by atoms with E-state index in [4.69, 9.17) is 18.9 Å². The third-order valence-electron chi connectivity index (χ3n) is 3.46. The summed E-state index contributed by atoms with van der Waals surface area (Å²) in [6, 6.07) is 1.46. The maximum atomic E-state index is 11.7. The van der Waals surface area contributed by atoms with Crippen LogP contribution in [0.2, 0.25) is 0 Å². The molecule has 25 heavy (non-hydrogen) atoms. The molecule has 0 aliphatic heterocycles. The molecule has 0 aliphatic carbocycles. The Hall–Kier alpha value is -2.11. The summed E-state index contributed by atoms with van der Waals surface area (Å²) in [5, 5.41) is 9.58. The molecule has 6 heteroatoms. The van der Waals surface area contributed by atoms with Crippen LogP contribution in [0.25, 0.3) is 0 Å². The molecule has 0 aromatic heterocycles. The lowest BCUT2D eigenvalue weighted by Gasteiger charge is -2.21. The summed E-state index contributed by atoms with van der Waals surface area (Å²) in [4.78, 5) is 11.7. The third-order valence-corrected chi connectivity index (χ3v) is 3.46. The first kappa shape index (κ1) is 20.9. The first-order valence-corrected chi connectivity index (χ1v) is 9.05. The first-order chi connectivity index (χ1) is 12.1. The maximum Gasteiger partial charge on any atom is 0.339 e. The average molecular weight is 354 g/mol. The van der Waals surface area contributed by atoms with Crippen molar-refractivity contribution in [3.63, 3.8) is 0 Å². The molecule has 0 heterocycles. The molecule has 142 valence electrons. The minimum Gasteiger partial charge on any atom is -0.490 e. The number of carboxylic acids is 1. The van der Waals surface area contributed by atoms with E-state index in [0.717, 1.165) is 25.7 Å². The van der Waals surface area contributed by atoms with Crippen LogP contribution in [-0.2, 0) is 0 Å². The van der Waals surface area contributed by atoms with Gasteiger partial charge in [0, 0.05) is 6.07 Å². The first-order valence-electron chi connectivity index (χ1n) is 9.05. The molecule has 1 rings (SSSR count). The van der Waals surface area contributed by atoms with Crippen LogP contribution in [0.15, 0.2) is 6.07 Å². The number of ether oxygens (including phenoxy) is 4. The molecule has 6 nitrogen and oxygen atoms in total. The summed E-state index contributed by atoms with van der Waals surface area (Å²) >= 11 is 0. The Balaban J connectivity index is 3.40. The quantitative estimate of drug-likeness (QED) is 0.524. The molecule has 0 bridgehead atoms. The Kier molecular flexibility index (Phi) is 9.58. The van der Waals surface area contributed by atoms with E-state index in [0.29, 0.717) is 43.7 Å². The van der Waals surface area contributed by atoms with Crippen molar-refractivity contribution in [3.8, 4) is 23.0 Å². The lowest BCUT2D eigenvalue weighted by molar-refractivity contribution is 0.0690. The number of benzene rings is 1. The number of rotatable bonds is 13. The van der Waals surface area contributed by atoms with Gasteiger partial charge in [-0.05, 0) is 26.7 Å². The molecule has 0 saturated carbocycles. The van der Waals surface area contributed by atoms with Gasteiger partial charge in [-0.2, -0.15) is 0 Å². The van der Waals surface area contributed by atoms with Crippen LogP contribution >= 0.6 is 0 Å². The summed E-state index contributed by atoms with van der Waals surface area (Å²) in [6.07, 6.45) is 3.64. The Bertz CT molecular complexity index is 541. The molecule has 1 aromatic carbocycles. The number of aromatic carboxylic acids is 1. The fourth-order valence-electron chi connectivity index (χ4n) is 2.21. The maximum absolute atomic E-state index is 11.7. The number of unbranched alkanes of at least 4 members (excludes halogenated alkanes) is 2. The van der Waals surface area contributed by atoms with Gasteiger partial charge in [0.25, 0.3) is 0 Å². The standard InChI is InChI=1S/C19H30O6/c1-5-9-11-24-16-14(19(20)21)13-15(22-7-3)17(18(16)23-8-4)25-12-10-6-2/h13H,5-12H2,1-4H3,(H,20,21). The highest BCUT2D eigenvalue weighted by Gasteiger charge is 2.26. The van der Waals surface area contributed by atoms with Crippen molar-refractivity contribution < 1.29 is 28.8 Å². The van der Waals surface area contributed by atoms with Crippen molar-refractivity contribution in [2.75, 3.05) is 26.4 Å². The van der Waals surface area contributed by atoms with E-state index in [2.05, 4.69) is 6.92 Å². The average Bonchev–Trinajstić information content (AvgIpc) is 2.58. The van der Waals surface area contributed by atoms with Crippen LogP contribution in [0.1, 0.15) is 63.7 Å². The van der Waals surface area contributed by atoms with Crippen LogP contribution in [0.5, 0.6) is 23.0 Å². The van der Waals surface area contributed by atoms with Gasteiger partial charge < -0.3 is 24.1 Å². The van der Waals surface area contributed by atoms with Crippen LogP contribution in [0.3, 0.4) is 0 Å². The molecule has 0 radical (unpaired) electrons. The highest BCUT2D eigenvalue weighted by atomic mass is 16.6. The molecule has 0 spiro atoms. The van der Waals surface area contributed by atoms with E-state index in [1.807, 2.05) is 20.8 Å². The van der Waals surface area contributed by atoms with E-state index in [1.54, 1.807) is 0 Å². The van der Waals surface area contributed by atoms with Crippen LogP contribution < -0.4 is 18.9 Å². The van der Waals surface area contributed by atoms with Gasteiger partial charge >= 0.3 is 5.97 Å². The number of hydrogen-bond acceptors (Lipinski definition) is 5. The van der Waals surface area contributed by atoms with Gasteiger partial charge in [-0.1, -0.05) is 26.7 Å². The Labute approximate surface area is 150 Å². The normalized spacial score (nSPS) is 10.4. The van der Waals surface area contributed by atoms with Gasteiger partial charge in [0.1, 0.15) is 5.56 Å². The predicted molar refractivity (Wildman–Crippen MR) is 96.5 cm³/mol. The van der Waals surface area contributed by atoms with Crippen molar-refractivity contribution in [2.45, 2.75) is 53.4 Å². The fraction of sp³-hybridized carbons (Fsp3) is 0.632. The Morgan fingerprint density at radius 1 is 0.840 bits per heavy atom. The fourth-order valence-corrected chi connectivity index (χ4v) is 2.21. The number of carbonyl (C=O) groups is 1. The van der Waals surface area contributed by atoms with E-state index in [-0.39, 0.29) is 11.3 Å². The highest BCUT2D eigenvalue weighted by molar-refractivity contribution is 5.93. The van der Waals surface area contributed by atoms with Gasteiger partial charge in [-0.3, -0.25) is 0 Å². The van der Waals surface area contributed by atoms with Crippen molar-refractivity contribution in [2.24, 2.45) is 0 Å². The molecular weight excluding hydrogens is 324 g/mol. The largest absolute Gasteiger partial charge is 0.490 e. The summed E-state index contributed by atoms with van der Waals surface area (Å²) in [7, 11) is 0. The topological polar surface area (TPSA) is 74.2 Å². The van der Waals surface area contributed by atoms with E-state index < -0.39 is 5.97 Å². The zero-order valence-electron chi connectivity index (χ0n) is 15.7. The Morgan fingerprint density at radius 3 is 1.88 bits per heavy atom. The van der Waals surface area contributed by atoms with Crippen LogP contribution in [0, 0.1) is 0 Å². The molecule has 0 saturated heterocycles. The van der Waals surface area contributed by atoms with E-state index >= 15 is 0 Å². The minimum absolute atomic E-state index is 0.0193. The number of hydrogen-bond donors (Lipinski definition) is 1. The van der Waals surface area contributed by atoms with Crippen molar-refractivity contribution in [3.05, 3.63) is 11.6 Å². The SMILES string of the molecule is CCCCOc1c(OCC)cc(C(=O)O)c(OCCCC)c1OCC. The van der Waals surface area contributed by atoms with E-state index in [9.17, 15) is 9.90 Å². The summed E-state index contributed by atoms with van der Waals surface area (Å²) in [6.45, 7) is 9.46. The lowest BCUT2D eigenvalue weighted by Crippen LogP contribution is -2.11. The molecule has 0 unspecified atom stereocenters. The smallest absolute Gasteiger partial charge is 0.339 e. The third kappa shape index (κ3) is 6.03. The highest BCUT2D eigenvalue weighted by Crippen LogP contribution is 2.47.